The van der Waals surface area contributed by atoms with E-state index in [0.29, 0.717) is 34.0 Å². The molecule has 2 N–H and O–H groups in total. The number of nitro benzene ring substituents is 1. The van der Waals surface area contributed by atoms with Crippen LogP contribution in [0.15, 0.2) is 77.3 Å². The van der Waals surface area contributed by atoms with Crippen molar-refractivity contribution in [2.24, 2.45) is 0 Å². The van der Waals surface area contributed by atoms with Crippen LogP contribution in [-0.2, 0) is 30.9 Å². The molecule has 0 radical (unpaired) electrons. The van der Waals surface area contributed by atoms with Gasteiger partial charge in [0.25, 0.3) is 15.8 Å². The third-order valence-electron chi connectivity index (χ3n) is 11.4. The molecule has 4 heterocycles. The van der Waals surface area contributed by atoms with Crippen LogP contribution >= 0.6 is 11.3 Å². The lowest BCUT2D eigenvalue weighted by atomic mass is 9.88. The lowest BCUT2D eigenvalue weighted by Gasteiger charge is -2.31. The van der Waals surface area contributed by atoms with E-state index < -0.39 is 69.9 Å². The van der Waals surface area contributed by atoms with Gasteiger partial charge in [-0.25, -0.2) is 4.79 Å². The highest BCUT2D eigenvalue weighted by molar-refractivity contribution is 7.85. The number of rotatable bonds is 22. The Morgan fingerprint density at radius 3 is 2.37 bits per heavy atom. The highest BCUT2D eigenvalue weighted by Gasteiger charge is 2.54. The Kier molecular flexibility index (Phi) is 15.8. The predicted octanol–water partition coefficient (Wildman–Crippen LogP) is 7.60. The molecule has 2 unspecified atom stereocenters. The molecule has 1 amide bonds. The number of ketones is 1. The number of hydrogen-bond donors (Lipinski definition) is 2. The van der Waals surface area contributed by atoms with E-state index in [2.05, 4.69) is 26.5 Å². The zero-order valence-electron chi connectivity index (χ0n) is 38.8. The first-order valence-electron chi connectivity index (χ1n) is 21.8. The first-order chi connectivity index (χ1) is 31.9. The molecule has 22 heteroatoms. The second kappa shape index (κ2) is 21.0. The summed E-state index contributed by atoms with van der Waals surface area (Å²) in [6.07, 6.45) is 1.70. The van der Waals surface area contributed by atoms with Crippen LogP contribution in [0.4, 0.5) is 19.1 Å². The zero-order valence-corrected chi connectivity index (χ0v) is 40.5. The average Bonchev–Trinajstić information content (AvgIpc) is 4.00. The smallest absolute Gasteiger partial charge is 0.493 e. The van der Waals surface area contributed by atoms with Crippen LogP contribution in [0, 0.1) is 24.0 Å². The standard InChI is InChI=1S/C46H54BF2N5O12S2/c1-29-14-17-34(18-15-29)66-46(57)65-31(3)35-25-42(63-7)43(27-39(35)53(58)59)64-21-9-12-41(55)36(28-68(60,61)62)50-45(56)19-16-33-23-30(2)37-26-38-32(11-8-20-54(4,5)6)24-40(44-13-10-22-67-44)52(38)47(48,49)51(33)37/h10,13-15,17-18,22-27,31,36H,8-9,11-12,16,19-21,28H2,1-7H3,(H-,50,56,60,61,62)/p+1. The van der Waals surface area contributed by atoms with E-state index in [0.717, 1.165) is 43.6 Å². The third kappa shape index (κ3) is 12.5. The predicted molar refractivity (Wildman–Crippen MR) is 252 cm³/mol. The quantitative estimate of drug-likeness (QED) is 0.0114. The number of hydrogen-bond acceptors (Lipinski definition) is 12. The minimum Gasteiger partial charge on any atom is -0.493 e. The third-order valence-corrected chi connectivity index (χ3v) is 13.1. The molecular formula is C46H55BF2N5O12S2+. The van der Waals surface area contributed by atoms with Gasteiger partial charge in [-0.3, -0.25) is 24.3 Å². The number of carbonyl (C=O) groups is 3. The molecule has 0 saturated carbocycles. The summed E-state index contributed by atoms with van der Waals surface area (Å²) in [5.74, 6) is -2.60. The summed E-state index contributed by atoms with van der Waals surface area (Å²) in [5.41, 5.74) is 3.11. The Bertz CT molecular complexity index is 2780. The van der Waals surface area contributed by atoms with Crippen LogP contribution in [0.25, 0.3) is 6.08 Å². The van der Waals surface area contributed by atoms with Crippen LogP contribution in [0.2, 0.25) is 0 Å². The Morgan fingerprint density at radius 2 is 1.74 bits per heavy atom. The number of fused-ring (bicyclic) bond motifs is 2. The topological polar surface area (TPSA) is 206 Å². The fourth-order valence-corrected chi connectivity index (χ4v) is 9.60. The number of allylic oxidation sites excluding steroid dienone is 2. The lowest BCUT2D eigenvalue weighted by molar-refractivity contribution is -0.870. The summed E-state index contributed by atoms with van der Waals surface area (Å²) in [6, 6.07) is 12.4. The second-order valence-corrected chi connectivity index (χ2v) is 20.2. The van der Waals surface area contributed by atoms with Gasteiger partial charge in [0, 0.05) is 42.7 Å². The van der Waals surface area contributed by atoms with Crippen molar-refractivity contribution >= 4 is 63.7 Å². The molecular weight excluding hydrogens is 927 g/mol. The number of quaternary nitrogens is 1. The number of benzene rings is 2. The van der Waals surface area contributed by atoms with E-state index in [9.17, 15) is 37.5 Å². The van der Waals surface area contributed by atoms with Gasteiger partial charge in [0.1, 0.15) is 23.6 Å². The summed E-state index contributed by atoms with van der Waals surface area (Å²) < 4.78 is 92.2. The van der Waals surface area contributed by atoms with Crippen LogP contribution in [0.5, 0.6) is 17.2 Å². The Balaban J connectivity index is 1.10. The maximum absolute atomic E-state index is 17.0. The normalized spacial score (nSPS) is 15.1. The van der Waals surface area contributed by atoms with Gasteiger partial charge < -0.3 is 46.3 Å². The van der Waals surface area contributed by atoms with E-state index in [1.165, 1.54) is 31.4 Å². The molecule has 2 aromatic carbocycles. The molecule has 0 fully saturated rings. The van der Waals surface area contributed by atoms with E-state index in [4.69, 9.17) is 18.9 Å². The summed E-state index contributed by atoms with van der Waals surface area (Å²) in [7, 11) is 2.72. The van der Waals surface area contributed by atoms with E-state index in [-0.39, 0.29) is 54.4 Å². The molecule has 4 aromatic rings. The Hall–Kier alpha value is -6.23. The van der Waals surface area contributed by atoms with Crippen molar-refractivity contribution in [1.82, 2.24) is 9.79 Å². The minimum atomic E-state index is -4.79. The number of amides is 1. The van der Waals surface area contributed by atoms with Crippen molar-refractivity contribution in [2.45, 2.75) is 71.4 Å². The van der Waals surface area contributed by atoms with Crippen molar-refractivity contribution in [3.63, 3.8) is 0 Å². The number of ether oxygens (including phenoxy) is 4. The first kappa shape index (κ1) is 51.2. The summed E-state index contributed by atoms with van der Waals surface area (Å²) in [4.78, 5) is 51.3. The van der Waals surface area contributed by atoms with Crippen molar-refractivity contribution in [3.8, 4) is 17.2 Å². The maximum Gasteiger partial charge on any atom is 0.737 e. The zero-order chi connectivity index (χ0) is 49.7. The van der Waals surface area contributed by atoms with E-state index in [1.807, 2.05) is 18.4 Å². The molecule has 6 rings (SSSR count). The fraction of sp³-hybridized carbons (Fsp3) is 0.391. The number of nitrogens with zero attached hydrogens (tertiary/aromatic N) is 4. The highest BCUT2D eigenvalue weighted by Crippen LogP contribution is 2.41. The first-order valence-corrected chi connectivity index (χ1v) is 24.3. The molecule has 2 aliphatic heterocycles. The Labute approximate surface area is 397 Å². The monoisotopic (exact) mass is 982 g/mol. The van der Waals surface area contributed by atoms with Gasteiger partial charge in [0.2, 0.25) is 5.91 Å². The number of aromatic nitrogens is 1. The fourth-order valence-electron chi connectivity index (χ4n) is 8.17. The van der Waals surface area contributed by atoms with Gasteiger partial charge in [-0.05, 0) is 87.0 Å². The van der Waals surface area contributed by atoms with Crippen LogP contribution < -0.4 is 19.5 Å². The highest BCUT2D eigenvalue weighted by atomic mass is 32.2. The van der Waals surface area contributed by atoms with Gasteiger partial charge >= 0.3 is 13.1 Å². The molecule has 2 atom stereocenters. The van der Waals surface area contributed by atoms with E-state index in [1.54, 1.807) is 55.5 Å². The Morgan fingerprint density at radius 1 is 1.01 bits per heavy atom. The van der Waals surface area contributed by atoms with Crippen LogP contribution in [-0.4, -0.2) is 115 Å². The lowest BCUT2D eigenvalue weighted by Crippen LogP contribution is -2.51. The summed E-state index contributed by atoms with van der Waals surface area (Å²) in [5, 5.41) is 16.3. The van der Waals surface area contributed by atoms with Crippen molar-refractivity contribution in [3.05, 3.63) is 120 Å². The van der Waals surface area contributed by atoms with Gasteiger partial charge in [-0.1, -0.05) is 23.8 Å². The maximum atomic E-state index is 17.0. The number of nitrogens with one attached hydrogen (secondary N) is 1. The van der Waals surface area contributed by atoms with Gasteiger partial charge in [-0.15, -0.1) is 11.3 Å². The largest absolute Gasteiger partial charge is 0.737 e. The number of halogens is 2. The molecule has 68 heavy (non-hydrogen) atoms. The SMILES string of the molecule is COc1cc(C(C)OC(=O)Oc2ccc(C)cc2)c([N+](=O)[O-])cc1OCCCC(=O)C(CS(=O)(=O)O)NC(=O)CCc1cc(C)c2n1[B-](F)(F)[N+]1=C(c3cccs3)C=C(CCC[N+](C)(C)C)C1=C2. The molecule has 0 aliphatic carbocycles. The number of Topliss-reactive ketones (excluding diaryl/α,β-unsaturated/α-hetero) is 1. The molecule has 0 spiro atoms. The number of thiophene rings is 1. The molecule has 2 aliphatic rings. The number of aryl methyl sites for hydroxylation is 3. The molecule has 364 valence electrons. The molecule has 17 nitrogen and oxygen atoms in total. The van der Waals surface area contributed by atoms with Crippen molar-refractivity contribution in [1.29, 1.82) is 0 Å². The number of carbonyl (C=O) groups excluding carboxylic acids is 3. The number of nitro groups is 1. The average molecular weight is 983 g/mol. The van der Waals surface area contributed by atoms with Gasteiger partial charge in [0.05, 0.1) is 62.8 Å². The summed E-state index contributed by atoms with van der Waals surface area (Å²) >= 11 is 1.36. The number of methoxy groups -OCH3 is 1. The molecule has 0 bridgehead atoms. The van der Waals surface area contributed by atoms with Gasteiger partial charge in [0.15, 0.2) is 28.7 Å². The van der Waals surface area contributed by atoms with Crippen molar-refractivity contribution < 1.29 is 68.8 Å². The minimum absolute atomic E-state index is 0.0274. The van der Waals surface area contributed by atoms with Crippen LogP contribution in [0.3, 0.4) is 0 Å². The molecule has 0 saturated heterocycles. The molecule has 2 aromatic heterocycles. The van der Waals surface area contributed by atoms with Crippen molar-refractivity contribution in [2.75, 3.05) is 47.2 Å². The van der Waals surface area contributed by atoms with Gasteiger partial charge in [-0.2, -0.15) is 8.42 Å². The van der Waals surface area contributed by atoms with Crippen LogP contribution in [0.1, 0.15) is 78.1 Å². The summed E-state index contributed by atoms with van der Waals surface area (Å²) in [6.45, 7) is 1.14. The second-order valence-electron chi connectivity index (χ2n) is 17.7. The van der Waals surface area contributed by atoms with E-state index >= 15 is 8.63 Å².